The maximum atomic E-state index is 12.9. The number of piperidine rings is 1. The Morgan fingerprint density at radius 1 is 1.25 bits per heavy atom. The van der Waals surface area contributed by atoms with Gasteiger partial charge in [0.1, 0.15) is 28.4 Å². The number of nitrogens with two attached hydrogens (primary N) is 1. The molecule has 2 aromatic rings. The molecular formula is C20H25N6OS+. The van der Waals surface area contributed by atoms with E-state index in [9.17, 15) is 4.79 Å². The van der Waals surface area contributed by atoms with E-state index >= 15 is 0 Å². The molecule has 1 fully saturated rings. The summed E-state index contributed by atoms with van der Waals surface area (Å²) in [5, 5.41) is 0.841. The second-order valence-electron chi connectivity index (χ2n) is 6.98. The minimum atomic E-state index is -0.0499. The number of pyridine rings is 1. The highest BCUT2D eigenvalue weighted by molar-refractivity contribution is 7.17. The number of hydrogen-bond donors (Lipinski definition) is 2. The summed E-state index contributed by atoms with van der Waals surface area (Å²) >= 11 is 1.43. The smallest absolute Gasteiger partial charge is 0.270 e. The Balaban J connectivity index is 1.56. The maximum absolute atomic E-state index is 12.9. The van der Waals surface area contributed by atoms with Gasteiger partial charge in [-0.05, 0) is 31.4 Å². The molecule has 8 heteroatoms. The van der Waals surface area contributed by atoms with Crippen LogP contribution in [0.1, 0.15) is 34.6 Å². The number of thiazole rings is 1. The average Bonchev–Trinajstić information content (AvgIpc) is 3.19. The zero-order chi connectivity index (χ0) is 19.5. The summed E-state index contributed by atoms with van der Waals surface area (Å²) in [7, 11) is 1.79. The number of carbonyl (C=O) groups is 1. The van der Waals surface area contributed by atoms with Gasteiger partial charge in [0, 0.05) is 44.0 Å². The van der Waals surface area contributed by atoms with Gasteiger partial charge >= 0.3 is 0 Å². The Kier molecular flexibility index (Phi) is 5.38. The van der Waals surface area contributed by atoms with Crippen LogP contribution in [-0.4, -0.2) is 53.7 Å². The van der Waals surface area contributed by atoms with E-state index in [0.29, 0.717) is 23.5 Å². The molecule has 2 aliphatic heterocycles. The number of rotatable bonds is 4. The van der Waals surface area contributed by atoms with E-state index in [0.717, 1.165) is 35.2 Å². The van der Waals surface area contributed by atoms with Crippen LogP contribution in [0, 0.1) is 0 Å². The minimum Gasteiger partial charge on any atom is -0.403 e. The van der Waals surface area contributed by atoms with Crippen LogP contribution in [0.4, 0.5) is 5.82 Å². The molecule has 28 heavy (non-hydrogen) atoms. The van der Waals surface area contributed by atoms with E-state index in [1.54, 1.807) is 18.2 Å². The number of carbonyl (C=O) groups excluding carboxylic acids is 1. The lowest BCUT2D eigenvalue weighted by Crippen LogP contribution is -2.64. The van der Waals surface area contributed by atoms with Gasteiger partial charge in [-0.1, -0.05) is 0 Å². The molecule has 0 aliphatic carbocycles. The summed E-state index contributed by atoms with van der Waals surface area (Å²) in [6, 6.07) is 4.12. The molecule has 1 saturated heterocycles. The number of anilines is 1. The second kappa shape index (κ2) is 8.10. The van der Waals surface area contributed by atoms with E-state index in [-0.39, 0.29) is 5.91 Å². The fourth-order valence-corrected chi connectivity index (χ4v) is 4.74. The third-order valence-electron chi connectivity index (χ3n) is 5.16. The standard InChI is InChI=1S/C20H24N6OS/c1-22-13-15(11-21)26-10-7-16-18(20(26)27)28-19(24-16)14-5-6-17(23-12-14)25-8-3-2-4-9-25/h5-6,11-13H,2-4,7-10,21H2,1H3/p+1/b15-11+,22-13?. The van der Waals surface area contributed by atoms with Crippen LogP contribution in [0.15, 0.2) is 30.2 Å². The molecule has 0 atom stereocenters. The first-order valence-corrected chi connectivity index (χ1v) is 10.5. The van der Waals surface area contributed by atoms with Gasteiger partial charge < -0.3 is 15.5 Å². The summed E-state index contributed by atoms with van der Waals surface area (Å²) in [6.45, 7) is 2.72. The Morgan fingerprint density at radius 3 is 2.75 bits per heavy atom. The molecule has 0 aromatic carbocycles. The summed E-state index contributed by atoms with van der Waals surface area (Å²) in [6.07, 6.45) is 9.52. The Labute approximate surface area is 168 Å². The predicted molar refractivity (Wildman–Crippen MR) is 111 cm³/mol. The monoisotopic (exact) mass is 397 g/mol. The lowest BCUT2D eigenvalue weighted by molar-refractivity contribution is -0.414. The number of hydrogen-bond acceptors (Lipinski definition) is 6. The molecule has 2 aliphatic rings. The summed E-state index contributed by atoms with van der Waals surface area (Å²) < 4.78 is 0. The topological polar surface area (TPSA) is 89.3 Å². The lowest BCUT2D eigenvalue weighted by atomic mass is 10.1. The Morgan fingerprint density at radius 2 is 2.07 bits per heavy atom. The maximum Gasteiger partial charge on any atom is 0.270 e. The number of nitrogens with zero attached hydrogens (tertiary/aromatic N) is 4. The number of aromatic nitrogens is 2. The SMILES string of the molecule is C[NH+]=C/C(=C\N)N1CCc2nc(-c3ccc(N4CCCCC4)nc3)sc2C1=O. The molecule has 0 saturated carbocycles. The molecule has 146 valence electrons. The van der Waals surface area contributed by atoms with Crippen LogP contribution in [0.3, 0.4) is 0 Å². The molecule has 4 rings (SSSR count). The van der Waals surface area contributed by atoms with E-state index < -0.39 is 0 Å². The number of allylic oxidation sites excluding steroid dienone is 1. The molecule has 2 aromatic heterocycles. The molecule has 0 bridgehead atoms. The van der Waals surface area contributed by atoms with E-state index in [2.05, 4.69) is 27.0 Å². The van der Waals surface area contributed by atoms with Crippen LogP contribution >= 0.6 is 11.3 Å². The summed E-state index contributed by atoms with van der Waals surface area (Å²) in [5.74, 6) is 0.971. The summed E-state index contributed by atoms with van der Waals surface area (Å²) in [4.78, 5) is 29.9. The number of fused-ring (bicyclic) bond motifs is 1. The van der Waals surface area contributed by atoms with Gasteiger partial charge in [0.2, 0.25) is 0 Å². The average molecular weight is 398 g/mol. The fourth-order valence-electron chi connectivity index (χ4n) is 3.69. The molecule has 3 N–H and O–H groups in total. The molecule has 7 nitrogen and oxygen atoms in total. The van der Waals surface area contributed by atoms with Crippen molar-refractivity contribution in [2.24, 2.45) is 5.73 Å². The highest BCUT2D eigenvalue weighted by Gasteiger charge is 2.31. The fraction of sp³-hybridized carbons (Fsp3) is 0.400. The largest absolute Gasteiger partial charge is 0.403 e. The third-order valence-corrected chi connectivity index (χ3v) is 6.29. The van der Waals surface area contributed by atoms with Crippen LogP contribution < -0.4 is 15.6 Å². The molecule has 4 heterocycles. The molecular weight excluding hydrogens is 372 g/mol. The second-order valence-corrected chi connectivity index (χ2v) is 7.98. The van der Waals surface area contributed by atoms with E-state index in [1.807, 2.05) is 6.20 Å². The number of nitrogens with one attached hydrogen (secondary N) is 1. The predicted octanol–water partition coefficient (Wildman–Crippen LogP) is 0.775. The van der Waals surface area contributed by atoms with E-state index in [4.69, 9.17) is 10.7 Å². The van der Waals surface area contributed by atoms with Crippen molar-refractivity contribution in [1.29, 1.82) is 0 Å². The van der Waals surface area contributed by atoms with Crippen molar-refractivity contribution in [3.8, 4) is 10.6 Å². The van der Waals surface area contributed by atoms with Crippen molar-refractivity contribution in [2.45, 2.75) is 25.7 Å². The minimum absolute atomic E-state index is 0.0499. The van der Waals surface area contributed by atoms with Crippen LogP contribution in [0.5, 0.6) is 0 Å². The van der Waals surface area contributed by atoms with Crippen molar-refractivity contribution in [1.82, 2.24) is 14.9 Å². The highest BCUT2D eigenvalue weighted by atomic mass is 32.1. The van der Waals surface area contributed by atoms with Crippen molar-refractivity contribution < 1.29 is 9.79 Å². The van der Waals surface area contributed by atoms with Gasteiger partial charge in [0.05, 0.1) is 5.69 Å². The first-order chi connectivity index (χ1) is 13.7. The zero-order valence-corrected chi connectivity index (χ0v) is 16.8. The van der Waals surface area contributed by atoms with Gasteiger partial charge in [-0.3, -0.25) is 4.79 Å². The third kappa shape index (κ3) is 3.52. The van der Waals surface area contributed by atoms with Gasteiger partial charge in [-0.15, -0.1) is 11.3 Å². The zero-order valence-electron chi connectivity index (χ0n) is 16.0. The van der Waals surface area contributed by atoms with Gasteiger partial charge in [-0.2, -0.15) is 0 Å². The summed E-state index contributed by atoms with van der Waals surface area (Å²) in [5.41, 5.74) is 8.18. The first kappa shape index (κ1) is 18.6. The van der Waals surface area contributed by atoms with Crippen molar-refractivity contribution in [3.63, 3.8) is 0 Å². The van der Waals surface area contributed by atoms with E-state index in [1.165, 1.54) is 36.8 Å². The molecule has 1 amide bonds. The molecule has 0 spiro atoms. The normalized spacial score (nSPS) is 18.0. The van der Waals surface area contributed by atoms with Crippen LogP contribution in [-0.2, 0) is 6.42 Å². The van der Waals surface area contributed by atoms with Crippen molar-refractivity contribution in [3.05, 3.63) is 40.8 Å². The van der Waals surface area contributed by atoms with Gasteiger partial charge in [0.15, 0.2) is 6.21 Å². The van der Waals surface area contributed by atoms with Crippen LogP contribution in [0.2, 0.25) is 0 Å². The molecule has 0 radical (unpaired) electrons. The Hall–Kier alpha value is -2.74. The van der Waals surface area contributed by atoms with Gasteiger partial charge in [0.25, 0.3) is 5.91 Å². The molecule has 0 unspecified atom stereocenters. The number of amides is 1. The first-order valence-electron chi connectivity index (χ1n) is 9.66. The van der Waals surface area contributed by atoms with Gasteiger partial charge in [-0.25, -0.2) is 15.0 Å². The quantitative estimate of drug-likeness (QED) is 0.744. The lowest BCUT2D eigenvalue weighted by Gasteiger charge is -2.27. The Bertz CT molecular complexity index is 911. The van der Waals surface area contributed by atoms with Crippen molar-refractivity contribution in [2.75, 3.05) is 31.6 Å². The van der Waals surface area contributed by atoms with Crippen LogP contribution in [0.25, 0.3) is 10.6 Å². The van der Waals surface area contributed by atoms with Crippen molar-refractivity contribution >= 4 is 29.3 Å². The highest BCUT2D eigenvalue weighted by Crippen LogP contribution is 2.33.